The van der Waals surface area contributed by atoms with Gasteiger partial charge in [-0.2, -0.15) is 5.26 Å². The van der Waals surface area contributed by atoms with E-state index in [4.69, 9.17) is 15.0 Å². The summed E-state index contributed by atoms with van der Waals surface area (Å²) in [4.78, 5) is 21.3. The third kappa shape index (κ3) is 3.18. The quantitative estimate of drug-likeness (QED) is 0.821. The number of anilines is 1. The second-order valence-corrected chi connectivity index (χ2v) is 7.60. The first-order valence-corrected chi connectivity index (χ1v) is 9.68. The standard InChI is InChI=1S/C22H24N4O2/c1-14-11-19-20(15(2)25(3)22(19)27)24-21(14)26-9-7-17(8-10-26)28-18-6-4-5-16(12-18)13-23/h4-6,11-12,15,17H,7-10H2,1-3H3. The smallest absolute Gasteiger partial charge is 0.256 e. The first kappa shape index (κ1) is 18.3. The van der Waals surface area contributed by atoms with E-state index in [1.807, 2.05) is 39.1 Å². The van der Waals surface area contributed by atoms with Crippen molar-refractivity contribution in [2.45, 2.75) is 38.8 Å². The Hall–Kier alpha value is -3.07. The second-order valence-electron chi connectivity index (χ2n) is 7.60. The molecule has 0 spiro atoms. The van der Waals surface area contributed by atoms with E-state index in [0.29, 0.717) is 5.56 Å². The van der Waals surface area contributed by atoms with Gasteiger partial charge >= 0.3 is 0 Å². The molecule has 1 fully saturated rings. The van der Waals surface area contributed by atoms with Crippen LogP contribution in [-0.2, 0) is 0 Å². The van der Waals surface area contributed by atoms with E-state index in [0.717, 1.165) is 54.3 Å². The zero-order valence-electron chi connectivity index (χ0n) is 16.5. The lowest BCUT2D eigenvalue weighted by molar-refractivity contribution is 0.0783. The molecule has 1 unspecified atom stereocenters. The number of rotatable bonds is 3. The highest BCUT2D eigenvalue weighted by Gasteiger charge is 2.34. The third-order valence-electron chi connectivity index (χ3n) is 5.75. The molecule has 1 aromatic heterocycles. The van der Waals surface area contributed by atoms with Gasteiger partial charge in [0.25, 0.3) is 5.91 Å². The number of carbonyl (C=O) groups is 1. The van der Waals surface area contributed by atoms with Crippen molar-refractivity contribution < 1.29 is 9.53 Å². The van der Waals surface area contributed by atoms with Gasteiger partial charge in [0, 0.05) is 33.0 Å². The van der Waals surface area contributed by atoms with E-state index in [1.165, 1.54) is 0 Å². The van der Waals surface area contributed by atoms with Gasteiger partial charge in [-0.15, -0.1) is 0 Å². The molecule has 0 N–H and O–H groups in total. The van der Waals surface area contributed by atoms with E-state index in [1.54, 1.807) is 17.0 Å². The van der Waals surface area contributed by atoms with Crippen LogP contribution < -0.4 is 9.64 Å². The van der Waals surface area contributed by atoms with Crippen molar-refractivity contribution in [3.63, 3.8) is 0 Å². The summed E-state index contributed by atoms with van der Waals surface area (Å²) in [6.07, 6.45) is 1.92. The topological polar surface area (TPSA) is 69.5 Å². The minimum Gasteiger partial charge on any atom is -0.490 e. The fourth-order valence-electron chi connectivity index (χ4n) is 3.99. The monoisotopic (exact) mass is 376 g/mol. The van der Waals surface area contributed by atoms with Gasteiger partial charge in [0.15, 0.2) is 0 Å². The molecule has 0 bridgehead atoms. The predicted octanol–water partition coefficient (Wildman–Crippen LogP) is 3.46. The number of aryl methyl sites for hydroxylation is 1. The molecule has 28 heavy (non-hydrogen) atoms. The number of hydrogen-bond acceptors (Lipinski definition) is 5. The fourth-order valence-corrected chi connectivity index (χ4v) is 3.99. The zero-order valence-corrected chi connectivity index (χ0v) is 16.5. The van der Waals surface area contributed by atoms with Crippen molar-refractivity contribution in [1.82, 2.24) is 9.88 Å². The predicted molar refractivity (Wildman–Crippen MR) is 107 cm³/mol. The SMILES string of the molecule is Cc1cc2c(nc1N1CCC(Oc3cccc(C#N)c3)CC1)C(C)N(C)C2=O. The van der Waals surface area contributed by atoms with Crippen molar-refractivity contribution in [2.24, 2.45) is 0 Å². The van der Waals surface area contributed by atoms with Crippen LogP contribution in [-0.4, -0.2) is 42.0 Å². The average Bonchev–Trinajstić information content (AvgIpc) is 2.92. The van der Waals surface area contributed by atoms with Crippen molar-refractivity contribution in [2.75, 3.05) is 25.0 Å². The number of ether oxygens (including phenoxy) is 1. The molecule has 1 atom stereocenters. The maximum Gasteiger partial charge on any atom is 0.256 e. The highest BCUT2D eigenvalue weighted by molar-refractivity contribution is 5.98. The van der Waals surface area contributed by atoms with Crippen molar-refractivity contribution >= 4 is 11.7 Å². The van der Waals surface area contributed by atoms with Gasteiger partial charge < -0.3 is 14.5 Å². The Balaban J connectivity index is 1.46. The molecular formula is C22H24N4O2. The van der Waals surface area contributed by atoms with Crippen LogP contribution >= 0.6 is 0 Å². The molecule has 2 aromatic rings. The van der Waals surface area contributed by atoms with Crippen LogP contribution in [0.2, 0.25) is 0 Å². The number of fused-ring (bicyclic) bond motifs is 1. The first-order valence-electron chi connectivity index (χ1n) is 9.68. The minimum absolute atomic E-state index is 0.00938. The highest BCUT2D eigenvalue weighted by Crippen LogP contribution is 2.34. The molecule has 144 valence electrons. The number of amides is 1. The summed E-state index contributed by atoms with van der Waals surface area (Å²) in [5, 5.41) is 9.03. The van der Waals surface area contributed by atoms with Crippen LogP contribution in [0.4, 0.5) is 5.82 Å². The number of aromatic nitrogens is 1. The van der Waals surface area contributed by atoms with Crippen LogP contribution in [0, 0.1) is 18.3 Å². The Labute approximate surface area is 165 Å². The van der Waals surface area contributed by atoms with E-state index in [9.17, 15) is 4.79 Å². The van der Waals surface area contributed by atoms with Crippen molar-refractivity contribution in [1.29, 1.82) is 5.26 Å². The van der Waals surface area contributed by atoms with E-state index in [2.05, 4.69) is 11.0 Å². The normalized spacial score (nSPS) is 19.5. The number of hydrogen-bond donors (Lipinski definition) is 0. The van der Waals surface area contributed by atoms with Crippen molar-refractivity contribution in [3.05, 3.63) is 52.7 Å². The van der Waals surface area contributed by atoms with Crippen LogP contribution in [0.15, 0.2) is 30.3 Å². The lowest BCUT2D eigenvalue weighted by atomic mass is 10.1. The molecule has 1 amide bonds. The van der Waals surface area contributed by atoms with Gasteiger partial charge in [0.05, 0.1) is 28.9 Å². The Kier molecular flexibility index (Phi) is 4.68. The largest absolute Gasteiger partial charge is 0.490 e. The lowest BCUT2D eigenvalue weighted by Crippen LogP contribution is -2.39. The summed E-state index contributed by atoms with van der Waals surface area (Å²) in [5.74, 6) is 1.77. The fraction of sp³-hybridized carbons (Fsp3) is 0.409. The van der Waals surface area contributed by atoms with E-state index in [-0.39, 0.29) is 18.1 Å². The van der Waals surface area contributed by atoms with E-state index < -0.39 is 0 Å². The van der Waals surface area contributed by atoms with Gasteiger partial charge in [-0.1, -0.05) is 6.07 Å². The molecular weight excluding hydrogens is 352 g/mol. The first-order chi connectivity index (χ1) is 13.5. The zero-order chi connectivity index (χ0) is 19.8. The minimum atomic E-state index is 0.00938. The molecule has 0 aliphatic carbocycles. The van der Waals surface area contributed by atoms with Gasteiger partial charge in [0.2, 0.25) is 0 Å². The lowest BCUT2D eigenvalue weighted by Gasteiger charge is -2.34. The number of nitrogens with zero attached hydrogens (tertiary/aromatic N) is 4. The van der Waals surface area contributed by atoms with Gasteiger partial charge in [-0.3, -0.25) is 4.79 Å². The molecule has 1 aromatic carbocycles. The molecule has 6 nitrogen and oxygen atoms in total. The number of benzene rings is 1. The van der Waals surface area contributed by atoms with Gasteiger partial charge in [-0.05, 0) is 43.7 Å². The van der Waals surface area contributed by atoms with Gasteiger partial charge in [-0.25, -0.2) is 4.98 Å². The Morgan fingerprint density at radius 1 is 1.25 bits per heavy atom. The van der Waals surface area contributed by atoms with Crippen molar-refractivity contribution in [3.8, 4) is 11.8 Å². The molecule has 0 radical (unpaired) electrons. The average molecular weight is 376 g/mol. The summed E-state index contributed by atoms with van der Waals surface area (Å²) in [6.45, 7) is 5.75. The van der Waals surface area contributed by atoms with E-state index >= 15 is 0 Å². The van der Waals surface area contributed by atoms with Gasteiger partial charge in [0.1, 0.15) is 17.7 Å². The summed E-state index contributed by atoms with van der Waals surface area (Å²) in [6, 6.07) is 11.4. The molecule has 6 heteroatoms. The van der Waals surface area contributed by atoms with Crippen LogP contribution in [0.3, 0.4) is 0 Å². The number of pyridine rings is 1. The van der Waals surface area contributed by atoms with Crippen LogP contribution in [0.25, 0.3) is 0 Å². The highest BCUT2D eigenvalue weighted by atomic mass is 16.5. The Morgan fingerprint density at radius 2 is 2.00 bits per heavy atom. The second kappa shape index (κ2) is 7.16. The summed E-state index contributed by atoms with van der Waals surface area (Å²) in [7, 11) is 1.83. The molecule has 2 aliphatic heterocycles. The number of piperidine rings is 1. The molecule has 0 saturated carbocycles. The third-order valence-corrected chi connectivity index (χ3v) is 5.75. The van der Waals surface area contributed by atoms with Crippen LogP contribution in [0.5, 0.6) is 5.75 Å². The Morgan fingerprint density at radius 3 is 2.71 bits per heavy atom. The number of carbonyl (C=O) groups excluding carboxylic acids is 1. The summed E-state index contributed by atoms with van der Waals surface area (Å²) >= 11 is 0. The maximum atomic E-state index is 12.3. The van der Waals surface area contributed by atoms with Crippen LogP contribution in [0.1, 0.15) is 53.0 Å². The Bertz CT molecular complexity index is 957. The molecule has 2 aliphatic rings. The molecule has 4 rings (SSSR count). The maximum absolute atomic E-state index is 12.3. The summed E-state index contributed by atoms with van der Waals surface area (Å²) in [5.41, 5.74) is 3.25. The molecule has 1 saturated heterocycles. The molecule has 3 heterocycles. The number of nitriles is 1. The summed E-state index contributed by atoms with van der Waals surface area (Å²) < 4.78 is 6.08.